The van der Waals surface area contributed by atoms with Gasteiger partial charge in [0.25, 0.3) is 0 Å². The van der Waals surface area contributed by atoms with Gasteiger partial charge in [-0.3, -0.25) is 0 Å². The van der Waals surface area contributed by atoms with Gasteiger partial charge in [0.05, 0.1) is 10.0 Å². The molecule has 27 heavy (non-hydrogen) atoms. The molecule has 0 N–H and O–H groups in total. The molecule has 0 bridgehead atoms. The highest BCUT2D eigenvalue weighted by Gasteiger charge is 2.20. The Balaban J connectivity index is 1.69. The van der Waals surface area contributed by atoms with E-state index < -0.39 is 0 Å². The molecule has 0 aliphatic heterocycles. The van der Waals surface area contributed by atoms with Crippen molar-refractivity contribution in [1.82, 2.24) is 0 Å². The predicted molar refractivity (Wildman–Crippen MR) is 110 cm³/mol. The van der Waals surface area contributed by atoms with Crippen molar-refractivity contribution in [3.05, 3.63) is 94.0 Å². The molecule has 0 aliphatic carbocycles. The van der Waals surface area contributed by atoms with E-state index in [1.54, 1.807) is 6.07 Å². The number of aryl methyl sites for hydroxylation is 1. The van der Waals surface area contributed by atoms with Crippen molar-refractivity contribution in [2.24, 2.45) is 0 Å². The number of carbonyl (C=O) groups is 1. The fraction of sp³-hybridized carbons (Fsp3) is 0.0870. The number of rotatable bonds is 4. The van der Waals surface area contributed by atoms with Gasteiger partial charge in [0.15, 0.2) is 0 Å². The Labute approximate surface area is 165 Å². The van der Waals surface area contributed by atoms with E-state index in [0.717, 1.165) is 26.6 Å². The van der Waals surface area contributed by atoms with Crippen LogP contribution in [0.4, 0.5) is 0 Å². The summed E-state index contributed by atoms with van der Waals surface area (Å²) in [7, 11) is 0. The molecule has 4 aromatic rings. The zero-order valence-corrected chi connectivity index (χ0v) is 16.3. The molecule has 1 heterocycles. The summed E-state index contributed by atoms with van der Waals surface area (Å²) < 4.78 is 12.4. The number of ether oxygens (including phenoxy) is 1. The Hall–Kier alpha value is -2.85. The Kier molecular flexibility index (Phi) is 4.82. The Morgan fingerprint density at radius 1 is 1.00 bits per heavy atom. The lowest BCUT2D eigenvalue weighted by atomic mass is 10.0. The molecule has 4 heteroatoms. The second kappa shape index (κ2) is 7.41. The largest absolute Gasteiger partial charge is 0.457 e. The lowest BCUT2D eigenvalue weighted by Crippen LogP contribution is -2.06. The second-order valence-electron chi connectivity index (χ2n) is 6.35. The van der Waals surface area contributed by atoms with E-state index in [9.17, 15) is 4.79 Å². The fourth-order valence-electron chi connectivity index (χ4n) is 3.01. The van der Waals surface area contributed by atoms with E-state index in [0.29, 0.717) is 16.9 Å². The van der Waals surface area contributed by atoms with Crippen molar-refractivity contribution in [1.29, 1.82) is 0 Å². The fourth-order valence-corrected chi connectivity index (χ4v) is 3.62. The van der Waals surface area contributed by atoms with Crippen molar-refractivity contribution in [2.45, 2.75) is 13.5 Å². The summed E-state index contributed by atoms with van der Waals surface area (Å²) in [4.78, 5) is 12.7. The Morgan fingerprint density at radius 3 is 2.56 bits per heavy atom. The van der Waals surface area contributed by atoms with Crippen molar-refractivity contribution < 1.29 is 13.9 Å². The quantitative estimate of drug-likeness (QED) is 0.352. The first-order valence-electron chi connectivity index (χ1n) is 8.62. The molecule has 0 fully saturated rings. The molecule has 1 aromatic heterocycles. The third kappa shape index (κ3) is 3.53. The van der Waals surface area contributed by atoms with Crippen LogP contribution in [0.25, 0.3) is 22.3 Å². The van der Waals surface area contributed by atoms with Crippen LogP contribution in [0.15, 0.2) is 81.7 Å². The molecule has 3 aromatic carbocycles. The summed E-state index contributed by atoms with van der Waals surface area (Å²) >= 11 is 3.64. The molecule has 4 rings (SSSR count). The SMILES string of the molecule is Cc1ccc2oc(-c3ccccc3C(=O)OCc3ccccc3)c(Br)c2c1. The number of benzene rings is 3. The average Bonchev–Trinajstić information content (AvgIpc) is 3.03. The minimum atomic E-state index is -0.377. The van der Waals surface area contributed by atoms with Crippen LogP contribution in [0.5, 0.6) is 0 Å². The first kappa shape index (κ1) is 17.6. The van der Waals surface area contributed by atoms with Crippen LogP contribution in [0, 0.1) is 6.92 Å². The molecule has 3 nitrogen and oxygen atoms in total. The van der Waals surface area contributed by atoms with Gasteiger partial charge in [-0.15, -0.1) is 0 Å². The third-order valence-corrected chi connectivity index (χ3v) is 5.17. The van der Waals surface area contributed by atoms with Gasteiger partial charge >= 0.3 is 5.97 Å². The molecule has 0 spiro atoms. The molecule has 0 aliphatic rings. The van der Waals surface area contributed by atoms with Crippen LogP contribution >= 0.6 is 15.9 Å². The molecule has 0 saturated heterocycles. The van der Waals surface area contributed by atoms with Gasteiger partial charge in [0, 0.05) is 10.9 Å². The highest BCUT2D eigenvalue weighted by molar-refractivity contribution is 9.10. The molecule has 134 valence electrons. The van der Waals surface area contributed by atoms with E-state index in [2.05, 4.69) is 22.0 Å². The van der Waals surface area contributed by atoms with Crippen LogP contribution in [0.2, 0.25) is 0 Å². The van der Waals surface area contributed by atoms with Crippen molar-refractivity contribution in [2.75, 3.05) is 0 Å². The highest BCUT2D eigenvalue weighted by Crippen LogP contribution is 2.39. The number of carbonyl (C=O) groups excluding carboxylic acids is 1. The number of esters is 1. The lowest BCUT2D eigenvalue weighted by Gasteiger charge is -2.08. The zero-order valence-electron chi connectivity index (χ0n) is 14.7. The summed E-state index contributed by atoms with van der Waals surface area (Å²) in [5, 5.41) is 0.984. The van der Waals surface area contributed by atoms with Crippen LogP contribution in [-0.2, 0) is 11.3 Å². The average molecular weight is 421 g/mol. The molecule has 0 unspecified atom stereocenters. The molecular weight excluding hydrogens is 404 g/mol. The monoisotopic (exact) mass is 420 g/mol. The standard InChI is InChI=1S/C23H17BrO3/c1-15-11-12-20-19(13-15)21(24)22(27-20)17-9-5-6-10-18(17)23(25)26-14-16-7-3-2-4-8-16/h2-13H,14H2,1H3. The van der Waals surface area contributed by atoms with Crippen molar-refractivity contribution in [3.63, 3.8) is 0 Å². The first-order valence-corrected chi connectivity index (χ1v) is 9.42. The maximum absolute atomic E-state index is 12.7. The smallest absolute Gasteiger partial charge is 0.339 e. The zero-order chi connectivity index (χ0) is 18.8. The number of hydrogen-bond donors (Lipinski definition) is 0. The Bertz CT molecular complexity index is 1110. The van der Waals surface area contributed by atoms with Crippen LogP contribution in [-0.4, -0.2) is 5.97 Å². The van der Waals surface area contributed by atoms with Crippen molar-refractivity contribution >= 4 is 32.9 Å². The molecule has 0 radical (unpaired) electrons. The molecule has 0 saturated carbocycles. The Morgan fingerprint density at radius 2 is 1.74 bits per heavy atom. The van der Waals surface area contributed by atoms with Gasteiger partial charge in [-0.05, 0) is 46.6 Å². The van der Waals surface area contributed by atoms with Gasteiger partial charge in [-0.25, -0.2) is 4.79 Å². The molecule has 0 atom stereocenters. The maximum Gasteiger partial charge on any atom is 0.339 e. The van der Waals surface area contributed by atoms with Gasteiger partial charge in [0.1, 0.15) is 18.0 Å². The van der Waals surface area contributed by atoms with Gasteiger partial charge < -0.3 is 9.15 Å². The second-order valence-corrected chi connectivity index (χ2v) is 7.15. The summed E-state index contributed by atoms with van der Waals surface area (Å²) in [5.41, 5.74) is 4.05. The minimum Gasteiger partial charge on any atom is -0.457 e. The van der Waals surface area contributed by atoms with Crippen LogP contribution < -0.4 is 0 Å². The predicted octanol–water partition coefficient (Wildman–Crippen LogP) is 6.53. The van der Waals surface area contributed by atoms with Crippen LogP contribution in [0.1, 0.15) is 21.5 Å². The van der Waals surface area contributed by atoms with Gasteiger partial charge in [-0.1, -0.05) is 60.2 Å². The number of halogens is 1. The summed E-state index contributed by atoms with van der Waals surface area (Å²) in [6, 6.07) is 23.0. The molecular formula is C23H17BrO3. The lowest BCUT2D eigenvalue weighted by molar-refractivity contribution is 0.0473. The summed E-state index contributed by atoms with van der Waals surface area (Å²) in [6.07, 6.45) is 0. The topological polar surface area (TPSA) is 39.4 Å². The third-order valence-electron chi connectivity index (χ3n) is 4.39. The van der Waals surface area contributed by atoms with E-state index in [1.165, 1.54) is 0 Å². The first-order chi connectivity index (χ1) is 13.1. The van der Waals surface area contributed by atoms with Gasteiger partial charge in [0.2, 0.25) is 0 Å². The molecule has 0 amide bonds. The minimum absolute atomic E-state index is 0.231. The van der Waals surface area contributed by atoms with Crippen molar-refractivity contribution in [3.8, 4) is 11.3 Å². The van der Waals surface area contributed by atoms with E-state index in [1.807, 2.05) is 67.6 Å². The summed E-state index contributed by atoms with van der Waals surface area (Å²) in [6.45, 7) is 2.27. The number of hydrogen-bond acceptors (Lipinski definition) is 3. The highest BCUT2D eigenvalue weighted by atomic mass is 79.9. The number of furan rings is 1. The van der Waals surface area contributed by atoms with E-state index in [4.69, 9.17) is 9.15 Å². The van der Waals surface area contributed by atoms with E-state index in [-0.39, 0.29) is 12.6 Å². The van der Waals surface area contributed by atoms with Gasteiger partial charge in [-0.2, -0.15) is 0 Å². The van der Waals surface area contributed by atoms with Crippen LogP contribution in [0.3, 0.4) is 0 Å². The maximum atomic E-state index is 12.7. The van der Waals surface area contributed by atoms with E-state index >= 15 is 0 Å². The normalized spacial score (nSPS) is 10.9. The summed E-state index contributed by atoms with van der Waals surface area (Å²) in [5.74, 6) is 0.251. The number of fused-ring (bicyclic) bond motifs is 1.